The number of sulfonamides is 1. The molecule has 1 amide bonds. The van der Waals surface area contributed by atoms with Crippen LogP contribution in [-0.2, 0) is 21.4 Å². The molecule has 2 rings (SSSR count). The zero-order valence-electron chi connectivity index (χ0n) is 11.2. The van der Waals surface area contributed by atoms with Gasteiger partial charge in [0.25, 0.3) is 0 Å². The van der Waals surface area contributed by atoms with Gasteiger partial charge in [0, 0.05) is 19.6 Å². The van der Waals surface area contributed by atoms with Crippen molar-refractivity contribution in [2.75, 3.05) is 13.1 Å². The summed E-state index contributed by atoms with van der Waals surface area (Å²) in [6.45, 7) is 4.92. The molecule has 108 valence electrons. The standard InChI is InChI=1S/C14H18N2O3S/c1-2-14(17)15-11-12-5-7-13(8-6-12)20(18,19)16-9-3-4-10-16/h2,5-8H,1,3-4,9-11H2,(H,15,17). The zero-order valence-corrected chi connectivity index (χ0v) is 12.0. The van der Waals surface area contributed by atoms with Gasteiger partial charge in [-0.2, -0.15) is 4.31 Å². The number of carbonyl (C=O) groups is 1. The van der Waals surface area contributed by atoms with Gasteiger partial charge in [-0.1, -0.05) is 18.7 Å². The Labute approximate surface area is 119 Å². The van der Waals surface area contributed by atoms with E-state index < -0.39 is 10.0 Å². The van der Waals surface area contributed by atoms with Crippen LogP contribution < -0.4 is 5.32 Å². The van der Waals surface area contributed by atoms with Crippen molar-refractivity contribution >= 4 is 15.9 Å². The summed E-state index contributed by atoms with van der Waals surface area (Å²) in [4.78, 5) is 11.4. The Bertz CT molecular complexity index is 587. The third kappa shape index (κ3) is 3.26. The highest BCUT2D eigenvalue weighted by Gasteiger charge is 2.26. The topological polar surface area (TPSA) is 66.5 Å². The maximum atomic E-state index is 12.3. The van der Waals surface area contributed by atoms with E-state index in [0.717, 1.165) is 18.4 Å². The van der Waals surface area contributed by atoms with Crippen molar-refractivity contribution < 1.29 is 13.2 Å². The van der Waals surface area contributed by atoms with E-state index >= 15 is 0 Å². The third-order valence-corrected chi connectivity index (χ3v) is 5.19. The molecular formula is C14H18N2O3S. The van der Waals surface area contributed by atoms with Crippen LogP contribution in [0.3, 0.4) is 0 Å². The molecule has 0 unspecified atom stereocenters. The molecule has 0 atom stereocenters. The SMILES string of the molecule is C=CC(=O)NCc1ccc(S(=O)(=O)N2CCCC2)cc1. The average molecular weight is 294 g/mol. The quantitative estimate of drug-likeness (QED) is 0.832. The minimum Gasteiger partial charge on any atom is -0.348 e. The Morgan fingerprint density at radius 3 is 2.40 bits per heavy atom. The number of nitrogens with one attached hydrogen (secondary N) is 1. The zero-order chi connectivity index (χ0) is 14.6. The Morgan fingerprint density at radius 1 is 1.25 bits per heavy atom. The summed E-state index contributed by atoms with van der Waals surface area (Å²) in [6, 6.07) is 6.60. The molecule has 1 aromatic rings. The monoisotopic (exact) mass is 294 g/mol. The molecule has 1 heterocycles. The summed E-state index contributed by atoms with van der Waals surface area (Å²) in [7, 11) is -3.36. The highest BCUT2D eigenvalue weighted by atomic mass is 32.2. The summed E-state index contributed by atoms with van der Waals surface area (Å²) in [5.41, 5.74) is 0.848. The number of benzene rings is 1. The molecule has 20 heavy (non-hydrogen) atoms. The molecule has 1 aliphatic rings. The van der Waals surface area contributed by atoms with Crippen LogP contribution in [0, 0.1) is 0 Å². The van der Waals surface area contributed by atoms with Gasteiger partial charge < -0.3 is 5.32 Å². The number of amides is 1. The number of hydrogen-bond acceptors (Lipinski definition) is 3. The lowest BCUT2D eigenvalue weighted by Crippen LogP contribution is -2.27. The van der Waals surface area contributed by atoms with Crippen molar-refractivity contribution in [3.63, 3.8) is 0 Å². The lowest BCUT2D eigenvalue weighted by Gasteiger charge is -2.15. The van der Waals surface area contributed by atoms with Crippen LogP contribution >= 0.6 is 0 Å². The normalized spacial score (nSPS) is 16.0. The van der Waals surface area contributed by atoms with Crippen LogP contribution in [0.25, 0.3) is 0 Å². The van der Waals surface area contributed by atoms with E-state index in [1.54, 1.807) is 24.3 Å². The summed E-state index contributed by atoms with van der Waals surface area (Å²) in [5.74, 6) is -0.251. The van der Waals surface area contributed by atoms with Crippen LogP contribution in [0.1, 0.15) is 18.4 Å². The van der Waals surface area contributed by atoms with Gasteiger partial charge in [0.1, 0.15) is 0 Å². The van der Waals surface area contributed by atoms with Gasteiger partial charge in [-0.3, -0.25) is 4.79 Å². The smallest absolute Gasteiger partial charge is 0.243 e. The number of nitrogens with zero attached hydrogens (tertiary/aromatic N) is 1. The van der Waals surface area contributed by atoms with Crippen LogP contribution in [-0.4, -0.2) is 31.7 Å². The maximum Gasteiger partial charge on any atom is 0.243 e. The molecule has 1 aromatic carbocycles. The lowest BCUT2D eigenvalue weighted by molar-refractivity contribution is -0.116. The minimum absolute atomic E-state index is 0.251. The first-order valence-electron chi connectivity index (χ1n) is 6.53. The summed E-state index contributed by atoms with van der Waals surface area (Å²) in [5, 5.41) is 2.65. The van der Waals surface area contributed by atoms with Crippen molar-refractivity contribution in [2.45, 2.75) is 24.3 Å². The Kier molecular flexibility index (Phi) is 4.57. The van der Waals surface area contributed by atoms with Crippen LogP contribution in [0.2, 0.25) is 0 Å². The first-order chi connectivity index (χ1) is 9.54. The molecule has 1 N–H and O–H groups in total. The Balaban J connectivity index is 2.07. The van der Waals surface area contributed by atoms with E-state index in [0.29, 0.717) is 24.5 Å². The molecule has 1 aliphatic heterocycles. The van der Waals surface area contributed by atoms with Gasteiger partial charge in [-0.15, -0.1) is 0 Å². The van der Waals surface area contributed by atoms with Crippen molar-refractivity contribution in [3.8, 4) is 0 Å². The predicted molar refractivity (Wildman–Crippen MR) is 76.5 cm³/mol. The van der Waals surface area contributed by atoms with Crippen molar-refractivity contribution in [2.24, 2.45) is 0 Å². The molecular weight excluding hydrogens is 276 g/mol. The fourth-order valence-electron chi connectivity index (χ4n) is 2.12. The average Bonchev–Trinajstić information content (AvgIpc) is 3.00. The third-order valence-electron chi connectivity index (χ3n) is 3.28. The van der Waals surface area contributed by atoms with E-state index in [2.05, 4.69) is 11.9 Å². The van der Waals surface area contributed by atoms with Gasteiger partial charge >= 0.3 is 0 Å². The van der Waals surface area contributed by atoms with Crippen LogP contribution in [0.4, 0.5) is 0 Å². The first-order valence-corrected chi connectivity index (χ1v) is 7.97. The van der Waals surface area contributed by atoms with E-state index in [1.807, 2.05) is 0 Å². The molecule has 6 heteroatoms. The molecule has 0 saturated carbocycles. The van der Waals surface area contributed by atoms with Gasteiger partial charge in [0.05, 0.1) is 4.90 Å². The van der Waals surface area contributed by atoms with E-state index in [1.165, 1.54) is 10.4 Å². The Morgan fingerprint density at radius 2 is 1.85 bits per heavy atom. The second-order valence-electron chi connectivity index (χ2n) is 4.68. The second-order valence-corrected chi connectivity index (χ2v) is 6.62. The van der Waals surface area contributed by atoms with Crippen molar-refractivity contribution in [1.29, 1.82) is 0 Å². The molecule has 0 radical (unpaired) electrons. The molecule has 0 spiro atoms. The molecule has 5 nitrogen and oxygen atoms in total. The summed E-state index contributed by atoms with van der Waals surface area (Å²) >= 11 is 0. The summed E-state index contributed by atoms with van der Waals surface area (Å²) < 4.78 is 26.1. The molecule has 1 saturated heterocycles. The van der Waals surface area contributed by atoms with Crippen molar-refractivity contribution in [1.82, 2.24) is 9.62 Å². The number of hydrogen-bond donors (Lipinski definition) is 1. The van der Waals surface area contributed by atoms with Gasteiger partial charge in [-0.25, -0.2) is 8.42 Å². The van der Waals surface area contributed by atoms with E-state index in [9.17, 15) is 13.2 Å². The fraction of sp³-hybridized carbons (Fsp3) is 0.357. The number of carbonyl (C=O) groups excluding carboxylic acids is 1. The highest BCUT2D eigenvalue weighted by Crippen LogP contribution is 2.20. The fourth-order valence-corrected chi connectivity index (χ4v) is 3.64. The molecule has 0 bridgehead atoms. The largest absolute Gasteiger partial charge is 0.348 e. The molecule has 0 aliphatic carbocycles. The van der Waals surface area contributed by atoms with Crippen LogP contribution in [0.15, 0.2) is 41.8 Å². The molecule has 1 fully saturated rings. The maximum absolute atomic E-state index is 12.3. The Hall–Kier alpha value is -1.66. The van der Waals surface area contributed by atoms with Gasteiger partial charge in [0.2, 0.25) is 15.9 Å². The van der Waals surface area contributed by atoms with Crippen molar-refractivity contribution in [3.05, 3.63) is 42.5 Å². The summed E-state index contributed by atoms with van der Waals surface area (Å²) in [6.07, 6.45) is 3.04. The van der Waals surface area contributed by atoms with E-state index in [-0.39, 0.29) is 5.91 Å². The highest BCUT2D eigenvalue weighted by molar-refractivity contribution is 7.89. The predicted octanol–water partition coefficient (Wildman–Crippen LogP) is 1.27. The second kappa shape index (κ2) is 6.19. The van der Waals surface area contributed by atoms with Crippen LogP contribution in [0.5, 0.6) is 0 Å². The molecule has 0 aromatic heterocycles. The van der Waals surface area contributed by atoms with Gasteiger partial charge in [0.15, 0.2) is 0 Å². The first kappa shape index (κ1) is 14.7. The lowest BCUT2D eigenvalue weighted by atomic mass is 10.2. The minimum atomic E-state index is -3.36. The van der Waals surface area contributed by atoms with Gasteiger partial charge in [-0.05, 0) is 36.6 Å². The number of rotatable bonds is 5. The van der Waals surface area contributed by atoms with E-state index in [4.69, 9.17) is 0 Å².